The van der Waals surface area contributed by atoms with E-state index in [1.54, 1.807) is 11.0 Å². The highest BCUT2D eigenvalue weighted by Gasteiger charge is 2.49. The first-order chi connectivity index (χ1) is 19.5. The van der Waals surface area contributed by atoms with E-state index >= 15 is 0 Å². The molecule has 2 aromatic rings. The van der Waals surface area contributed by atoms with Crippen molar-refractivity contribution in [1.29, 1.82) is 5.26 Å². The van der Waals surface area contributed by atoms with Gasteiger partial charge in [0, 0.05) is 26.1 Å². The van der Waals surface area contributed by atoms with E-state index < -0.39 is 35.5 Å². The number of piperazine rings is 1. The van der Waals surface area contributed by atoms with Gasteiger partial charge in [0.05, 0.1) is 36.8 Å². The topological polar surface area (TPSA) is 121 Å². The first kappa shape index (κ1) is 28.1. The van der Waals surface area contributed by atoms with Crippen molar-refractivity contribution in [2.24, 2.45) is 0 Å². The van der Waals surface area contributed by atoms with Crippen LogP contribution in [0.15, 0.2) is 30.6 Å². The van der Waals surface area contributed by atoms with Crippen LogP contribution in [-0.2, 0) is 27.8 Å². The first-order valence-corrected chi connectivity index (χ1v) is 12.9. The van der Waals surface area contributed by atoms with E-state index in [2.05, 4.69) is 26.6 Å². The van der Waals surface area contributed by atoms with Gasteiger partial charge in [-0.3, -0.25) is 9.59 Å². The smallest absolute Gasteiger partial charge is 0.467 e. The van der Waals surface area contributed by atoms with Gasteiger partial charge in [0.1, 0.15) is 11.4 Å². The number of hydrogen-bond acceptors (Lipinski definition) is 8. The van der Waals surface area contributed by atoms with Gasteiger partial charge in [-0.15, -0.1) is 13.2 Å². The Kier molecular flexibility index (Phi) is 7.23. The third-order valence-corrected chi connectivity index (χ3v) is 7.78. The van der Waals surface area contributed by atoms with Gasteiger partial charge in [-0.1, -0.05) is 18.7 Å². The molecule has 10 nitrogen and oxygen atoms in total. The molecule has 41 heavy (non-hydrogen) atoms. The van der Waals surface area contributed by atoms with E-state index in [1.807, 2.05) is 6.07 Å². The summed E-state index contributed by atoms with van der Waals surface area (Å²) in [7, 11) is 1.38. The number of benzene rings is 1. The molecule has 1 fully saturated rings. The number of carbonyl (C=O) groups excluding carboxylic acids is 2. The number of alkyl halides is 3. The number of nitrogens with zero attached hydrogens (tertiary/aromatic N) is 5. The van der Waals surface area contributed by atoms with Gasteiger partial charge in [0.15, 0.2) is 11.6 Å². The standard InChI is InChI=1S/C27H26F4N6O4/c1-15(28)23(38)37-12-11-36(14-16(37)8-10-32)22-21-19(33-25(35-22)40-2)13-26(24(39)34-21)9-4-5-17-18(26)6-3-7-20(17)41-27(29,30)31/h3,6-7,16H,1,4-5,8-9,11-14H2,2H3,(H,34,39). The zero-order valence-corrected chi connectivity index (χ0v) is 22.1. The summed E-state index contributed by atoms with van der Waals surface area (Å²) in [5, 5.41) is 12.2. The molecule has 0 saturated carbocycles. The van der Waals surface area contributed by atoms with Gasteiger partial charge >= 0.3 is 12.4 Å². The van der Waals surface area contributed by atoms with Crippen LogP contribution in [0.1, 0.15) is 36.1 Å². The van der Waals surface area contributed by atoms with Crippen LogP contribution >= 0.6 is 0 Å². The van der Waals surface area contributed by atoms with Crippen molar-refractivity contribution in [2.75, 3.05) is 37.0 Å². The summed E-state index contributed by atoms with van der Waals surface area (Å²) in [6.45, 7) is 3.46. The highest BCUT2D eigenvalue weighted by Crippen LogP contribution is 2.48. The first-order valence-electron chi connectivity index (χ1n) is 12.9. The largest absolute Gasteiger partial charge is 0.573 e. The molecular formula is C27H26F4N6O4. The summed E-state index contributed by atoms with van der Waals surface area (Å²) in [6, 6.07) is 5.66. The van der Waals surface area contributed by atoms with Crippen LogP contribution in [-0.4, -0.2) is 65.8 Å². The summed E-state index contributed by atoms with van der Waals surface area (Å²) in [6.07, 6.45) is -3.74. The molecular weight excluding hydrogens is 548 g/mol. The summed E-state index contributed by atoms with van der Waals surface area (Å²) in [5.74, 6) is -2.47. The number of halogens is 4. The van der Waals surface area contributed by atoms with Crippen molar-refractivity contribution in [1.82, 2.24) is 14.9 Å². The minimum absolute atomic E-state index is 0.00251. The van der Waals surface area contributed by atoms with Crippen LogP contribution in [0, 0.1) is 11.3 Å². The average Bonchev–Trinajstić information content (AvgIpc) is 2.92. The summed E-state index contributed by atoms with van der Waals surface area (Å²) >= 11 is 0. The van der Waals surface area contributed by atoms with Crippen LogP contribution in [0.25, 0.3) is 0 Å². The second-order valence-corrected chi connectivity index (χ2v) is 10.1. The molecule has 2 amide bonds. The second-order valence-electron chi connectivity index (χ2n) is 10.1. The van der Waals surface area contributed by atoms with Crippen LogP contribution < -0.4 is 19.7 Å². The lowest BCUT2D eigenvalue weighted by molar-refractivity contribution is -0.275. The number of amides is 2. The lowest BCUT2D eigenvalue weighted by atomic mass is 9.65. The number of nitrogens with one attached hydrogen (secondary N) is 1. The molecule has 2 unspecified atom stereocenters. The number of ether oxygens (including phenoxy) is 2. The number of nitriles is 1. The molecule has 0 bridgehead atoms. The van der Waals surface area contributed by atoms with Crippen LogP contribution in [0.5, 0.6) is 11.8 Å². The Balaban J connectivity index is 1.53. The Morgan fingerprint density at radius 2 is 2.10 bits per heavy atom. The van der Waals surface area contributed by atoms with Crippen LogP contribution in [0.3, 0.4) is 0 Å². The van der Waals surface area contributed by atoms with Gasteiger partial charge in [-0.05, 0) is 36.5 Å². The molecule has 3 aliphatic rings. The zero-order chi connectivity index (χ0) is 29.5. The Labute approximate surface area is 232 Å². The Morgan fingerprint density at radius 3 is 2.78 bits per heavy atom. The monoisotopic (exact) mass is 574 g/mol. The van der Waals surface area contributed by atoms with Gasteiger partial charge < -0.3 is 24.6 Å². The fourth-order valence-corrected chi connectivity index (χ4v) is 6.01. The highest BCUT2D eigenvalue weighted by molar-refractivity contribution is 6.04. The maximum atomic E-state index is 13.8. The summed E-state index contributed by atoms with van der Waals surface area (Å²) in [5.41, 5.74) is 0.305. The van der Waals surface area contributed by atoms with E-state index in [0.717, 1.165) is 0 Å². The van der Waals surface area contributed by atoms with E-state index in [0.29, 0.717) is 47.6 Å². The quantitative estimate of drug-likeness (QED) is 0.425. The molecule has 2 aliphatic heterocycles. The molecule has 1 aromatic carbocycles. The molecule has 1 saturated heterocycles. The lowest BCUT2D eigenvalue weighted by Crippen LogP contribution is -2.56. The van der Waals surface area contributed by atoms with Gasteiger partial charge in [-0.2, -0.15) is 15.2 Å². The van der Waals surface area contributed by atoms with E-state index in [9.17, 15) is 32.4 Å². The Morgan fingerprint density at radius 1 is 1.32 bits per heavy atom. The number of carbonyl (C=O) groups is 2. The van der Waals surface area contributed by atoms with Crippen molar-refractivity contribution in [3.05, 3.63) is 47.4 Å². The Hall–Kier alpha value is -4.41. The van der Waals surface area contributed by atoms with E-state index in [1.165, 1.54) is 24.1 Å². The molecule has 1 aromatic heterocycles. The maximum absolute atomic E-state index is 13.8. The fourth-order valence-electron chi connectivity index (χ4n) is 6.01. The molecule has 14 heteroatoms. The summed E-state index contributed by atoms with van der Waals surface area (Å²) in [4.78, 5) is 38.1. The minimum Gasteiger partial charge on any atom is -0.467 e. The SMILES string of the molecule is C=C(F)C(=O)N1CCN(c2nc(OC)nc3c2NC(=O)C2(CCCc4c(OC(F)(F)F)cccc42)C3)CC1CC#N. The molecule has 1 N–H and O–H groups in total. The van der Waals surface area contributed by atoms with Crippen LogP contribution in [0.4, 0.5) is 29.1 Å². The van der Waals surface area contributed by atoms with Crippen molar-refractivity contribution < 1.29 is 36.6 Å². The molecule has 1 aliphatic carbocycles. The third kappa shape index (κ3) is 5.12. The summed E-state index contributed by atoms with van der Waals surface area (Å²) < 4.78 is 62.6. The van der Waals surface area contributed by atoms with Crippen molar-refractivity contribution in [3.8, 4) is 17.8 Å². The van der Waals surface area contributed by atoms with E-state index in [-0.39, 0.29) is 44.2 Å². The van der Waals surface area contributed by atoms with Gasteiger partial charge in [0.25, 0.3) is 5.91 Å². The molecule has 5 rings (SSSR count). The number of anilines is 2. The number of fused-ring (bicyclic) bond motifs is 3. The lowest BCUT2D eigenvalue weighted by Gasteiger charge is -2.44. The van der Waals surface area contributed by atoms with Crippen molar-refractivity contribution in [3.63, 3.8) is 0 Å². The highest BCUT2D eigenvalue weighted by atomic mass is 19.4. The molecule has 1 spiro atoms. The number of aromatic nitrogens is 2. The number of rotatable bonds is 5. The second kappa shape index (κ2) is 10.5. The van der Waals surface area contributed by atoms with E-state index in [4.69, 9.17) is 4.74 Å². The maximum Gasteiger partial charge on any atom is 0.573 e. The zero-order valence-electron chi connectivity index (χ0n) is 22.1. The van der Waals surface area contributed by atoms with Crippen LogP contribution in [0.2, 0.25) is 0 Å². The van der Waals surface area contributed by atoms with Gasteiger partial charge in [0.2, 0.25) is 5.91 Å². The third-order valence-electron chi connectivity index (χ3n) is 7.78. The molecule has 3 heterocycles. The normalized spacial score (nSPS) is 21.9. The van der Waals surface area contributed by atoms with Gasteiger partial charge in [-0.25, -0.2) is 4.39 Å². The molecule has 2 atom stereocenters. The minimum atomic E-state index is -4.88. The fraction of sp³-hybridized carbons (Fsp3) is 0.444. The average molecular weight is 575 g/mol. The molecule has 216 valence electrons. The van der Waals surface area contributed by atoms with Crippen molar-refractivity contribution >= 4 is 23.3 Å². The Bertz CT molecular complexity index is 1460. The van der Waals surface area contributed by atoms with Crippen molar-refractivity contribution in [2.45, 2.75) is 49.9 Å². The number of hydrogen-bond donors (Lipinski definition) is 1. The number of methoxy groups -OCH3 is 1. The molecule has 0 radical (unpaired) electrons. The predicted molar refractivity (Wildman–Crippen MR) is 137 cm³/mol. The predicted octanol–water partition coefficient (Wildman–Crippen LogP) is 3.57.